The highest BCUT2D eigenvalue weighted by Crippen LogP contribution is 2.48. The van der Waals surface area contributed by atoms with Crippen LogP contribution >= 0.6 is 23.2 Å². The number of nitro benzene ring substituents is 2. The molecule has 2 fully saturated rings. The zero-order chi connectivity index (χ0) is 26.1. The second-order valence-electron chi connectivity index (χ2n) is 9.24. The van der Waals surface area contributed by atoms with E-state index in [1.807, 2.05) is 0 Å². The van der Waals surface area contributed by atoms with E-state index in [1.165, 1.54) is 30.7 Å². The SMILES string of the molecule is O=[N+]([O-])c1cc([C@H]2CC[C@H](c3ccc(Cl)c([N+](=O)[O-])c3)N2c2cnc(N3CCCCC3)nc2)ccc1Cl. The topological polar surface area (TPSA) is 119 Å². The third kappa shape index (κ3) is 5.03. The zero-order valence-electron chi connectivity index (χ0n) is 19.8. The number of hydrogen-bond acceptors (Lipinski definition) is 8. The Hall–Kier alpha value is -3.50. The van der Waals surface area contributed by atoms with Crippen molar-refractivity contribution < 1.29 is 9.85 Å². The third-order valence-corrected chi connectivity index (χ3v) is 7.69. The molecule has 0 N–H and O–H groups in total. The maximum Gasteiger partial charge on any atom is 0.288 e. The highest BCUT2D eigenvalue weighted by Gasteiger charge is 2.37. The predicted molar refractivity (Wildman–Crippen MR) is 142 cm³/mol. The largest absolute Gasteiger partial charge is 0.355 e. The normalized spacial score (nSPS) is 19.7. The van der Waals surface area contributed by atoms with E-state index >= 15 is 0 Å². The van der Waals surface area contributed by atoms with Gasteiger partial charge in [-0.1, -0.05) is 35.3 Å². The molecule has 2 atom stereocenters. The molecule has 0 radical (unpaired) electrons. The number of halogens is 2. The number of nitrogens with zero attached hydrogens (tertiary/aromatic N) is 6. The van der Waals surface area contributed by atoms with Crippen LogP contribution in [0.3, 0.4) is 0 Å². The molecule has 2 saturated heterocycles. The van der Waals surface area contributed by atoms with Gasteiger partial charge in [0.2, 0.25) is 5.95 Å². The lowest BCUT2D eigenvalue weighted by atomic mass is 10.0. The molecule has 0 saturated carbocycles. The standard InChI is InChI=1S/C25H24Cl2N6O4/c26-19-6-4-16(12-23(19)32(34)35)21-8-9-22(17-5-7-20(27)24(13-17)33(36)37)31(21)18-14-28-25(29-15-18)30-10-2-1-3-11-30/h4-7,12-15,21-22H,1-3,8-11H2/t21-,22-/m1/s1. The van der Waals surface area contributed by atoms with Gasteiger partial charge in [-0.25, -0.2) is 9.97 Å². The first-order valence-electron chi connectivity index (χ1n) is 12.1. The Morgan fingerprint density at radius 1 is 0.784 bits per heavy atom. The molecule has 2 aliphatic heterocycles. The number of rotatable bonds is 6. The summed E-state index contributed by atoms with van der Waals surface area (Å²) in [7, 11) is 0. The Labute approximate surface area is 223 Å². The van der Waals surface area contributed by atoms with Gasteiger partial charge >= 0.3 is 0 Å². The Kier molecular flexibility index (Phi) is 7.12. The van der Waals surface area contributed by atoms with Crippen LogP contribution in [0.2, 0.25) is 10.0 Å². The minimum absolute atomic E-state index is 0.0670. The Morgan fingerprint density at radius 2 is 1.27 bits per heavy atom. The number of aromatic nitrogens is 2. The van der Waals surface area contributed by atoms with E-state index in [4.69, 9.17) is 23.2 Å². The van der Waals surface area contributed by atoms with Crippen molar-refractivity contribution >= 4 is 46.2 Å². The summed E-state index contributed by atoms with van der Waals surface area (Å²) >= 11 is 12.1. The molecule has 0 aliphatic carbocycles. The monoisotopic (exact) mass is 542 g/mol. The van der Waals surface area contributed by atoms with Crippen LogP contribution in [0.25, 0.3) is 0 Å². The van der Waals surface area contributed by atoms with Crippen molar-refractivity contribution in [3.8, 4) is 0 Å². The van der Waals surface area contributed by atoms with Gasteiger partial charge in [0.25, 0.3) is 11.4 Å². The van der Waals surface area contributed by atoms with Gasteiger partial charge in [0.15, 0.2) is 0 Å². The lowest BCUT2D eigenvalue weighted by molar-refractivity contribution is -0.384. The number of nitro groups is 2. The molecular weight excluding hydrogens is 519 g/mol. The fraction of sp³-hybridized carbons (Fsp3) is 0.360. The lowest BCUT2D eigenvalue weighted by Gasteiger charge is -2.33. The second-order valence-corrected chi connectivity index (χ2v) is 10.1. The molecule has 0 amide bonds. The summed E-state index contributed by atoms with van der Waals surface area (Å²) in [5.74, 6) is 0.667. The van der Waals surface area contributed by atoms with Crippen molar-refractivity contribution in [1.82, 2.24) is 9.97 Å². The van der Waals surface area contributed by atoms with Crippen molar-refractivity contribution in [1.29, 1.82) is 0 Å². The molecular formula is C25H24Cl2N6O4. The second kappa shape index (κ2) is 10.5. The highest BCUT2D eigenvalue weighted by atomic mass is 35.5. The Bertz CT molecular complexity index is 1260. The molecule has 3 heterocycles. The van der Waals surface area contributed by atoms with Crippen molar-refractivity contribution in [3.63, 3.8) is 0 Å². The van der Waals surface area contributed by atoms with Gasteiger partial charge in [-0.05, 0) is 55.4 Å². The maximum atomic E-state index is 11.6. The first-order valence-corrected chi connectivity index (χ1v) is 12.8. The van der Waals surface area contributed by atoms with Gasteiger partial charge in [-0.3, -0.25) is 20.2 Å². The van der Waals surface area contributed by atoms with E-state index in [2.05, 4.69) is 19.8 Å². The van der Waals surface area contributed by atoms with Crippen LogP contribution in [0.4, 0.5) is 23.0 Å². The van der Waals surface area contributed by atoms with Crippen LogP contribution in [0.1, 0.15) is 55.3 Å². The van der Waals surface area contributed by atoms with E-state index in [-0.39, 0.29) is 33.5 Å². The quantitative estimate of drug-likeness (QED) is 0.250. The first-order chi connectivity index (χ1) is 17.8. The summed E-state index contributed by atoms with van der Waals surface area (Å²) in [6.45, 7) is 1.83. The van der Waals surface area contributed by atoms with Crippen molar-refractivity contribution in [2.45, 2.75) is 44.2 Å². The van der Waals surface area contributed by atoms with Gasteiger partial charge in [-0.2, -0.15) is 0 Å². The van der Waals surface area contributed by atoms with Crippen molar-refractivity contribution in [2.75, 3.05) is 22.9 Å². The average Bonchev–Trinajstić information content (AvgIpc) is 3.34. The average molecular weight is 543 g/mol. The number of anilines is 2. The van der Waals surface area contributed by atoms with E-state index in [0.29, 0.717) is 18.8 Å². The van der Waals surface area contributed by atoms with Crippen LogP contribution in [0.15, 0.2) is 48.8 Å². The summed E-state index contributed by atoms with van der Waals surface area (Å²) in [4.78, 5) is 35.6. The fourth-order valence-electron chi connectivity index (χ4n) is 5.28. The number of piperidine rings is 1. The van der Waals surface area contributed by atoms with Crippen LogP contribution in [-0.4, -0.2) is 32.9 Å². The molecule has 1 aromatic heterocycles. The van der Waals surface area contributed by atoms with Crippen LogP contribution < -0.4 is 9.80 Å². The summed E-state index contributed by atoms with van der Waals surface area (Å²) < 4.78 is 0. The fourth-order valence-corrected chi connectivity index (χ4v) is 5.66. The molecule has 0 bridgehead atoms. The molecule has 2 aromatic carbocycles. The molecule has 0 spiro atoms. The summed E-state index contributed by atoms with van der Waals surface area (Å²) in [6, 6.07) is 9.12. The van der Waals surface area contributed by atoms with Crippen LogP contribution in [-0.2, 0) is 0 Å². The number of hydrogen-bond donors (Lipinski definition) is 0. The lowest BCUT2D eigenvalue weighted by Crippen LogP contribution is -2.31. The smallest absolute Gasteiger partial charge is 0.288 e. The molecule has 0 unspecified atom stereocenters. The molecule has 12 heteroatoms. The molecule has 2 aliphatic rings. The molecule has 5 rings (SSSR count). The van der Waals surface area contributed by atoms with Gasteiger partial charge in [-0.15, -0.1) is 0 Å². The van der Waals surface area contributed by atoms with Crippen molar-refractivity contribution in [2.24, 2.45) is 0 Å². The minimum atomic E-state index is -0.498. The van der Waals surface area contributed by atoms with E-state index in [9.17, 15) is 20.2 Å². The number of benzene rings is 2. The third-order valence-electron chi connectivity index (χ3n) is 7.05. The molecule has 192 valence electrons. The predicted octanol–water partition coefficient (Wildman–Crippen LogP) is 6.67. The summed E-state index contributed by atoms with van der Waals surface area (Å²) in [5, 5.41) is 23.2. The van der Waals surface area contributed by atoms with Crippen molar-refractivity contribution in [3.05, 3.63) is 90.2 Å². The van der Waals surface area contributed by atoms with Gasteiger partial charge < -0.3 is 9.80 Å². The Morgan fingerprint density at radius 3 is 1.73 bits per heavy atom. The maximum absolute atomic E-state index is 11.6. The van der Waals surface area contributed by atoms with E-state index in [0.717, 1.165) is 42.7 Å². The highest BCUT2D eigenvalue weighted by molar-refractivity contribution is 6.33. The summed E-state index contributed by atoms with van der Waals surface area (Å²) in [5.41, 5.74) is 1.84. The van der Waals surface area contributed by atoms with Crippen LogP contribution in [0, 0.1) is 20.2 Å². The summed E-state index contributed by atoms with van der Waals surface area (Å²) in [6.07, 6.45) is 8.25. The molecule has 3 aromatic rings. The molecule has 37 heavy (non-hydrogen) atoms. The van der Waals surface area contributed by atoms with Gasteiger partial charge in [0.1, 0.15) is 10.0 Å². The molecule has 10 nitrogen and oxygen atoms in total. The van der Waals surface area contributed by atoms with E-state index in [1.54, 1.807) is 24.5 Å². The first kappa shape index (κ1) is 25.2. The van der Waals surface area contributed by atoms with Gasteiger partial charge in [0, 0.05) is 25.2 Å². The van der Waals surface area contributed by atoms with E-state index < -0.39 is 9.85 Å². The zero-order valence-corrected chi connectivity index (χ0v) is 21.3. The minimum Gasteiger partial charge on any atom is -0.355 e. The van der Waals surface area contributed by atoms with Gasteiger partial charge in [0.05, 0.1) is 40.0 Å². The van der Waals surface area contributed by atoms with Crippen LogP contribution in [0.5, 0.6) is 0 Å². The Balaban J connectivity index is 1.56.